The van der Waals surface area contributed by atoms with E-state index in [4.69, 9.17) is 26.9 Å². The lowest BCUT2D eigenvalue weighted by Gasteiger charge is -2.21. The zero-order valence-corrected chi connectivity index (χ0v) is 12.4. The number of methoxy groups -OCH3 is 2. The van der Waals surface area contributed by atoms with Crippen molar-refractivity contribution >= 4 is 11.6 Å². The SMILES string of the molecule is COc1cc(C(NN)c2c(F)cccc2OC)ccc1Cl. The van der Waals surface area contributed by atoms with Gasteiger partial charge in [-0.05, 0) is 29.8 Å². The Morgan fingerprint density at radius 1 is 1.14 bits per heavy atom. The van der Waals surface area contributed by atoms with Gasteiger partial charge in [-0.25, -0.2) is 9.82 Å². The van der Waals surface area contributed by atoms with E-state index >= 15 is 0 Å². The molecule has 0 aliphatic carbocycles. The van der Waals surface area contributed by atoms with E-state index in [0.29, 0.717) is 27.6 Å². The van der Waals surface area contributed by atoms with Crippen molar-refractivity contribution in [3.05, 3.63) is 58.4 Å². The highest BCUT2D eigenvalue weighted by atomic mass is 35.5. The van der Waals surface area contributed by atoms with E-state index in [-0.39, 0.29) is 0 Å². The molecule has 1 atom stereocenters. The molecule has 2 aromatic carbocycles. The average Bonchev–Trinajstić information content (AvgIpc) is 2.50. The molecule has 0 saturated carbocycles. The molecule has 2 rings (SSSR count). The van der Waals surface area contributed by atoms with Crippen molar-refractivity contribution < 1.29 is 13.9 Å². The van der Waals surface area contributed by atoms with Gasteiger partial charge in [-0.3, -0.25) is 5.84 Å². The van der Waals surface area contributed by atoms with E-state index in [9.17, 15) is 4.39 Å². The van der Waals surface area contributed by atoms with Crippen LogP contribution in [0.3, 0.4) is 0 Å². The number of halogens is 2. The molecular weight excluding hydrogens is 295 g/mol. The Balaban J connectivity index is 2.55. The van der Waals surface area contributed by atoms with Crippen molar-refractivity contribution in [3.8, 4) is 11.5 Å². The molecule has 0 bridgehead atoms. The highest BCUT2D eigenvalue weighted by Crippen LogP contribution is 2.35. The fourth-order valence-electron chi connectivity index (χ4n) is 2.18. The lowest BCUT2D eigenvalue weighted by molar-refractivity contribution is 0.396. The standard InChI is InChI=1S/C15H16ClFN2O2/c1-20-12-5-3-4-11(17)14(12)15(19-18)9-6-7-10(16)13(8-9)21-2/h3-8,15,19H,18H2,1-2H3. The molecule has 0 aliphatic heterocycles. The van der Waals surface area contributed by atoms with E-state index in [0.717, 1.165) is 0 Å². The Hall–Kier alpha value is -1.82. The molecule has 0 heterocycles. The van der Waals surface area contributed by atoms with Gasteiger partial charge in [0.2, 0.25) is 0 Å². The average molecular weight is 311 g/mol. The summed E-state index contributed by atoms with van der Waals surface area (Å²) in [7, 11) is 2.99. The van der Waals surface area contributed by atoms with Crippen LogP contribution in [0.4, 0.5) is 4.39 Å². The van der Waals surface area contributed by atoms with Crippen LogP contribution in [-0.4, -0.2) is 14.2 Å². The molecule has 0 aliphatic rings. The number of ether oxygens (including phenoxy) is 2. The molecule has 0 fully saturated rings. The van der Waals surface area contributed by atoms with E-state index in [2.05, 4.69) is 5.43 Å². The van der Waals surface area contributed by atoms with Crippen molar-refractivity contribution in [2.45, 2.75) is 6.04 Å². The number of nitrogens with two attached hydrogens (primary N) is 1. The first-order valence-electron chi connectivity index (χ1n) is 6.24. The maximum Gasteiger partial charge on any atom is 0.137 e. The minimum Gasteiger partial charge on any atom is -0.496 e. The summed E-state index contributed by atoms with van der Waals surface area (Å²) in [6.07, 6.45) is 0. The highest BCUT2D eigenvalue weighted by Gasteiger charge is 2.22. The summed E-state index contributed by atoms with van der Waals surface area (Å²) < 4.78 is 24.6. The van der Waals surface area contributed by atoms with Crippen LogP contribution >= 0.6 is 11.6 Å². The third-order valence-electron chi connectivity index (χ3n) is 3.20. The predicted molar refractivity (Wildman–Crippen MR) is 80.1 cm³/mol. The van der Waals surface area contributed by atoms with Gasteiger partial charge >= 0.3 is 0 Å². The second-order valence-corrected chi connectivity index (χ2v) is 4.76. The first kappa shape index (κ1) is 15.6. The molecule has 0 aromatic heterocycles. The lowest BCUT2D eigenvalue weighted by Crippen LogP contribution is -2.30. The Morgan fingerprint density at radius 3 is 2.48 bits per heavy atom. The predicted octanol–water partition coefficient (Wildman–Crippen LogP) is 3.05. The van der Waals surface area contributed by atoms with Gasteiger partial charge in [0, 0.05) is 0 Å². The van der Waals surface area contributed by atoms with Gasteiger partial charge in [-0.2, -0.15) is 0 Å². The van der Waals surface area contributed by atoms with E-state index in [1.807, 2.05) is 0 Å². The van der Waals surface area contributed by atoms with Gasteiger partial charge in [-0.1, -0.05) is 23.7 Å². The molecule has 3 N–H and O–H groups in total. The minimum absolute atomic E-state index is 0.326. The quantitative estimate of drug-likeness (QED) is 0.658. The summed E-state index contributed by atoms with van der Waals surface area (Å²) in [6, 6.07) is 9.15. The summed E-state index contributed by atoms with van der Waals surface area (Å²) in [5.74, 6) is 6.10. The van der Waals surface area contributed by atoms with Gasteiger partial charge in [0.15, 0.2) is 0 Å². The molecule has 0 radical (unpaired) electrons. The Bertz CT molecular complexity index is 637. The van der Waals surface area contributed by atoms with E-state index < -0.39 is 11.9 Å². The maximum atomic E-state index is 14.2. The summed E-state index contributed by atoms with van der Waals surface area (Å²) in [6.45, 7) is 0. The summed E-state index contributed by atoms with van der Waals surface area (Å²) in [5, 5.41) is 0.470. The van der Waals surface area contributed by atoms with Crippen molar-refractivity contribution in [1.29, 1.82) is 0 Å². The summed E-state index contributed by atoms with van der Waals surface area (Å²) in [5.41, 5.74) is 3.64. The smallest absolute Gasteiger partial charge is 0.137 e. The molecule has 6 heteroatoms. The largest absolute Gasteiger partial charge is 0.496 e. The maximum absolute atomic E-state index is 14.2. The third kappa shape index (κ3) is 3.10. The van der Waals surface area contributed by atoms with E-state index in [1.165, 1.54) is 20.3 Å². The molecule has 21 heavy (non-hydrogen) atoms. The Morgan fingerprint density at radius 2 is 1.86 bits per heavy atom. The van der Waals surface area contributed by atoms with E-state index in [1.54, 1.807) is 30.3 Å². The van der Waals surface area contributed by atoms with Crippen LogP contribution in [0.2, 0.25) is 5.02 Å². The van der Waals surface area contributed by atoms with Gasteiger partial charge in [0.25, 0.3) is 0 Å². The van der Waals surface area contributed by atoms with Crippen molar-refractivity contribution in [1.82, 2.24) is 5.43 Å². The normalized spacial score (nSPS) is 12.0. The summed E-state index contributed by atoms with van der Waals surface area (Å²) in [4.78, 5) is 0. The third-order valence-corrected chi connectivity index (χ3v) is 3.51. The molecule has 2 aromatic rings. The highest BCUT2D eigenvalue weighted by molar-refractivity contribution is 6.32. The van der Waals surface area contributed by atoms with Gasteiger partial charge in [-0.15, -0.1) is 0 Å². The van der Waals surface area contributed by atoms with Crippen molar-refractivity contribution in [2.75, 3.05) is 14.2 Å². The second-order valence-electron chi connectivity index (χ2n) is 4.35. The summed E-state index contributed by atoms with van der Waals surface area (Å²) >= 11 is 6.00. The zero-order chi connectivity index (χ0) is 15.4. The van der Waals surface area contributed by atoms with Crippen LogP contribution in [0.25, 0.3) is 0 Å². The number of hydrogen-bond donors (Lipinski definition) is 2. The molecule has 0 amide bonds. The van der Waals surface area contributed by atoms with Crippen LogP contribution in [0.1, 0.15) is 17.2 Å². The van der Waals surface area contributed by atoms with Gasteiger partial charge in [0.05, 0.1) is 30.8 Å². The zero-order valence-electron chi connectivity index (χ0n) is 11.7. The lowest BCUT2D eigenvalue weighted by atomic mass is 9.97. The topological polar surface area (TPSA) is 56.5 Å². The monoisotopic (exact) mass is 310 g/mol. The molecule has 0 saturated heterocycles. The van der Waals surface area contributed by atoms with Gasteiger partial charge in [0.1, 0.15) is 17.3 Å². The first-order valence-corrected chi connectivity index (χ1v) is 6.62. The van der Waals surface area contributed by atoms with Gasteiger partial charge < -0.3 is 9.47 Å². The van der Waals surface area contributed by atoms with Crippen molar-refractivity contribution in [3.63, 3.8) is 0 Å². The molecule has 0 spiro atoms. The van der Waals surface area contributed by atoms with Crippen LogP contribution in [0.15, 0.2) is 36.4 Å². The second kappa shape index (κ2) is 6.76. The number of nitrogens with one attached hydrogen (secondary N) is 1. The Kier molecular flexibility index (Phi) is 5.01. The molecular formula is C15H16ClFN2O2. The minimum atomic E-state index is -0.590. The fraction of sp³-hybridized carbons (Fsp3) is 0.200. The number of rotatable bonds is 5. The molecule has 4 nitrogen and oxygen atoms in total. The first-order chi connectivity index (χ1) is 10.1. The fourth-order valence-corrected chi connectivity index (χ4v) is 2.37. The van der Waals surface area contributed by atoms with Crippen LogP contribution in [0, 0.1) is 5.82 Å². The number of hydrogen-bond acceptors (Lipinski definition) is 4. The number of hydrazine groups is 1. The molecule has 1 unspecified atom stereocenters. The molecule has 112 valence electrons. The number of benzene rings is 2. The van der Waals surface area contributed by atoms with Crippen LogP contribution in [-0.2, 0) is 0 Å². The Labute approximate surface area is 127 Å². The van der Waals surface area contributed by atoms with Crippen molar-refractivity contribution in [2.24, 2.45) is 5.84 Å². The van der Waals surface area contributed by atoms with Crippen LogP contribution < -0.4 is 20.7 Å². The van der Waals surface area contributed by atoms with Crippen LogP contribution in [0.5, 0.6) is 11.5 Å².